The number of phenolic OH excluding ortho intramolecular Hbond substituents is 1. The molecule has 0 saturated heterocycles. The molecule has 100 valence electrons. The molecule has 1 aromatic carbocycles. The van der Waals surface area contributed by atoms with Crippen molar-refractivity contribution in [2.24, 2.45) is 0 Å². The number of aromatic hydroxyl groups is 1. The zero-order valence-electron chi connectivity index (χ0n) is 10.5. The van der Waals surface area contributed by atoms with Gasteiger partial charge in [-0.3, -0.25) is 4.79 Å². The van der Waals surface area contributed by atoms with Crippen molar-refractivity contribution in [3.63, 3.8) is 0 Å². The molecule has 0 fully saturated rings. The molecule has 4 nitrogen and oxygen atoms in total. The SMILES string of the molecule is CN(Cc1ccc(O)cc1)C(=O)c1ccc(CCl)o1. The van der Waals surface area contributed by atoms with Crippen molar-refractivity contribution in [1.29, 1.82) is 0 Å². The second-order valence-corrected chi connectivity index (χ2v) is 4.49. The molecule has 0 spiro atoms. The molecule has 2 aromatic rings. The van der Waals surface area contributed by atoms with Crippen molar-refractivity contribution in [3.05, 3.63) is 53.5 Å². The second kappa shape index (κ2) is 5.80. The molecule has 0 aliphatic heterocycles. The molecule has 1 N–H and O–H groups in total. The predicted molar refractivity (Wildman–Crippen MR) is 72.2 cm³/mol. The predicted octanol–water partition coefficient (Wildman–Crippen LogP) is 3.00. The van der Waals surface area contributed by atoms with Crippen LogP contribution in [0.4, 0.5) is 0 Å². The van der Waals surface area contributed by atoms with E-state index >= 15 is 0 Å². The Balaban J connectivity index is 2.04. The van der Waals surface area contributed by atoms with Gasteiger partial charge in [0.15, 0.2) is 5.76 Å². The standard InChI is InChI=1S/C14H14ClNO3/c1-16(9-10-2-4-11(17)5-3-10)14(18)13-7-6-12(8-15)19-13/h2-7,17H,8-9H2,1H3. The van der Waals surface area contributed by atoms with E-state index in [4.69, 9.17) is 16.0 Å². The van der Waals surface area contributed by atoms with Gasteiger partial charge in [-0.1, -0.05) is 12.1 Å². The summed E-state index contributed by atoms with van der Waals surface area (Å²) in [4.78, 5) is 13.6. The van der Waals surface area contributed by atoms with Gasteiger partial charge in [-0.15, -0.1) is 11.6 Å². The van der Waals surface area contributed by atoms with Crippen molar-refractivity contribution < 1.29 is 14.3 Å². The van der Waals surface area contributed by atoms with Gasteiger partial charge >= 0.3 is 0 Å². The maximum atomic E-state index is 12.1. The van der Waals surface area contributed by atoms with Crippen LogP contribution in [-0.2, 0) is 12.4 Å². The highest BCUT2D eigenvalue weighted by atomic mass is 35.5. The molecule has 0 aliphatic rings. The highest BCUT2D eigenvalue weighted by Crippen LogP contribution is 2.15. The van der Waals surface area contributed by atoms with Crippen molar-refractivity contribution in [2.45, 2.75) is 12.4 Å². The largest absolute Gasteiger partial charge is 0.508 e. The minimum atomic E-state index is -0.204. The van der Waals surface area contributed by atoms with E-state index in [1.54, 1.807) is 48.3 Å². The van der Waals surface area contributed by atoms with Crippen LogP contribution in [-0.4, -0.2) is 23.0 Å². The zero-order chi connectivity index (χ0) is 13.8. The highest BCUT2D eigenvalue weighted by Gasteiger charge is 2.16. The number of carbonyl (C=O) groups is 1. The number of nitrogens with zero attached hydrogens (tertiary/aromatic N) is 1. The summed E-state index contributed by atoms with van der Waals surface area (Å²) in [7, 11) is 1.69. The Morgan fingerprint density at radius 1 is 1.26 bits per heavy atom. The first-order valence-corrected chi connectivity index (χ1v) is 6.31. The lowest BCUT2D eigenvalue weighted by molar-refractivity contribution is 0.0752. The minimum absolute atomic E-state index is 0.204. The summed E-state index contributed by atoms with van der Waals surface area (Å²) >= 11 is 5.63. The van der Waals surface area contributed by atoms with E-state index in [-0.39, 0.29) is 23.3 Å². The van der Waals surface area contributed by atoms with Gasteiger partial charge in [-0.25, -0.2) is 0 Å². The van der Waals surface area contributed by atoms with Crippen molar-refractivity contribution in [2.75, 3.05) is 7.05 Å². The van der Waals surface area contributed by atoms with Crippen molar-refractivity contribution >= 4 is 17.5 Å². The Hall–Kier alpha value is -1.94. The minimum Gasteiger partial charge on any atom is -0.508 e. The molecular weight excluding hydrogens is 266 g/mol. The quantitative estimate of drug-likeness (QED) is 0.876. The summed E-state index contributed by atoms with van der Waals surface area (Å²) in [5.74, 6) is 1.09. The molecule has 1 aromatic heterocycles. The molecule has 1 amide bonds. The van der Waals surface area contributed by atoms with Crippen LogP contribution in [0.3, 0.4) is 0 Å². The average Bonchev–Trinajstić information content (AvgIpc) is 2.89. The molecule has 2 rings (SSSR count). The molecule has 0 unspecified atom stereocenters. The average molecular weight is 280 g/mol. The molecule has 0 bridgehead atoms. The fourth-order valence-corrected chi connectivity index (χ4v) is 1.84. The normalized spacial score (nSPS) is 10.4. The number of hydrogen-bond donors (Lipinski definition) is 1. The van der Waals surface area contributed by atoms with Gasteiger partial charge in [-0.05, 0) is 29.8 Å². The Morgan fingerprint density at radius 3 is 2.53 bits per heavy atom. The first-order chi connectivity index (χ1) is 9.10. The number of alkyl halides is 1. The molecular formula is C14H14ClNO3. The third-order valence-corrected chi connectivity index (χ3v) is 2.97. The van der Waals surface area contributed by atoms with Crippen molar-refractivity contribution in [1.82, 2.24) is 4.90 Å². The summed E-state index contributed by atoms with van der Waals surface area (Å²) in [6.45, 7) is 0.440. The Bertz CT molecular complexity index is 562. The van der Waals surface area contributed by atoms with Crippen LogP contribution in [0.1, 0.15) is 21.9 Å². The summed E-state index contributed by atoms with van der Waals surface area (Å²) in [5, 5.41) is 9.20. The lowest BCUT2D eigenvalue weighted by Gasteiger charge is -2.15. The van der Waals surface area contributed by atoms with Crippen LogP contribution in [0.25, 0.3) is 0 Å². The van der Waals surface area contributed by atoms with Crippen LogP contribution in [0.2, 0.25) is 0 Å². The number of rotatable bonds is 4. The number of halogens is 1. The maximum Gasteiger partial charge on any atom is 0.289 e. The Morgan fingerprint density at radius 2 is 1.95 bits per heavy atom. The van der Waals surface area contributed by atoms with Gasteiger partial charge < -0.3 is 14.4 Å². The van der Waals surface area contributed by atoms with E-state index in [2.05, 4.69) is 0 Å². The molecule has 0 aliphatic carbocycles. The number of carbonyl (C=O) groups excluding carboxylic acids is 1. The summed E-state index contributed by atoms with van der Waals surface area (Å²) in [6, 6.07) is 10.0. The van der Waals surface area contributed by atoms with E-state index < -0.39 is 0 Å². The van der Waals surface area contributed by atoms with Crippen LogP contribution in [0.5, 0.6) is 5.75 Å². The lowest BCUT2D eigenvalue weighted by atomic mass is 10.2. The molecule has 0 saturated carbocycles. The molecule has 1 heterocycles. The molecule has 0 atom stereocenters. The van der Waals surface area contributed by atoms with E-state index in [0.717, 1.165) is 5.56 Å². The molecule has 0 radical (unpaired) electrons. The number of furan rings is 1. The lowest BCUT2D eigenvalue weighted by Crippen LogP contribution is -2.25. The summed E-state index contributed by atoms with van der Waals surface area (Å²) in [6.07, 6.45) is 0. The first kappa shape index (κ1) is 13.5. The third-order valence-electron chi connectivity index (χ3n) is 2.71. The Kier molecular flexibility index (Phi) is 4.12. The fourth-order valence-electron chi connectivity index (χ4n) is 1.70. The van der Waals surface area contributed by atoms with E-state index in [1.807, 2.05) is 0 Å². The smallest absolute Gasteiger partial charge is 0.289 e. The van der Waals surface area contributed by atoms with E-state index in [9.17, 15) is 9.90 Å². The van der Waals surface area contributed by atoms with Crippen LogP contribution < -0.4 is 0 Å². The first-order valence-electron chi connectivity index (χ1n) is 5.78. The summed E-state index contributed by atoms with van der Waals surface area (Å²) < 4.78 is 5.31. The molecule has 19 heavy (non-hydrogen) atoms. The topological polar surface area (TPSA) is 53.7 Å². The summed E-state index contributed by atoms with van der Waals surface area (Å²) in [5.41, 5.74) is 0.928. The second-order valence-electron chi connectivity index (χ2n) is 4.23. The van der Waals surface area contributed by atoms with Crippen LogP contribution in [0.15, 0.2) is 40.8 Å². The number of hydrogen-bond acceptors (Lipinski definition) is 3. The van der Waals surface area contributed by atoms with Gasteiger partial charge in [0, 0.05) is 13.6 Å². The van der Waals surface area contributed by atoms with Gasteiger partial charge in [0.05, 0.1) is 5.88 Å². The van der Waals surface area contributed by atoms with Gasteiger partial charge in [0.1, 0.15) is 11.5 Å². The molecule has 5 heteroatoms. The zero-order valence-corrected chi connectivity index (χ0v) is 11.2. The Labute approximate surface area is 116 Å². The maximum absolute atomic E-state index is 12.1. The van der Waals surface area contributed by atoms with Gasteiger partial charge in [-0.2, -0.15) is 0 Å². The number of benzene rings is 1. The fraction of sp³-hybridized carbons (Fsp3) is 0.214. The highest BCUT2D eigenvalue weighted by molar-refractivity contribution is 6.16. The van der Waals surface area contributed by atoms with E-state index in [1.165, 1.54) is 0 Å². The van der Waals surface area contributed by atoms with Crippen molar-refractivity contribution in [3.8, 4) is 5.75 Å². The number of amides is 1. The van der Waals surface area contributed by atoms with E-state index in [0.29, 0.717) is 12.3 Å². The number of phenols is 1. The monoisotopic (exact) mass is 279 g/mol. The van der Waals surface area contributed by atoms with Gasteiger partial charge in [0.25, 0.3) is 5.91 Å². The van der Waals surface area contributed by atoms with Crippen LogP contribution in [0, 0.1) is 0 Å². The van der Waals surface area contributed by atoms with Crippen LogP contribution >= 0.6 is 11.6 Å². The van der Waals surface area contributed by atoms with Gasteiger partial charge in [0.2, 0.25) is 0 Å². The third kappa shape index (κ3) is 3.29.